The molecule has 1 saturated heterocycles. The second kappa shape index (κ2) is 3.75. The number of nitrogen functional groups attached to an aromatic ring is 1. The van der Waals surface area contributed by atoms with Crippen LogP contribution in [-0.4, -0.2) is 27.7 Å². The first kappa shape index (κ1) is 9.59. The van der Waals surface area contributed by atoms with Crippen LogP contribution in [0.5, 0.6) is 0 Å². The van der Waals surface area contributed by atoms with E-state index in [0.29, 0.717) is 17.6 Å². The van der Waals surface area contributed by atoms with Crippen molar-refractivity contribution < 1.29 is 4.74 Å². The molecule has 2 aromatic heterocycles. The summed E-state index contributed by atoms with van der Waals surface area (Å²) < 4.78 is 5.57. The van der Waals surface area contributed by atoms with E-state index in [2.05, 4.69) is 15.0 Å². The summed E-state index contributed by atoms with van der Waals surface area (Å²) in [5.41, 5.74) is 7.23. The van der Waals surface area contributed by atoms with Gasteiger partial charge in [0, 0.05) is 13.0 Å². The quantitative estimate of drug-likeness (QED) is 0.795. The van der Waals surface area contributed by atoms with E-state index in [1.165, 1.54) is 0 Å². The molecule has 1 unspecified atom stereocenters. The SMILES string of the molecule is Nc1ccc2[nH]c(CC3CCCO3)nc2n1. The monoisotopic (exact) mass is 218 g/mol. The van der Waals surface area contributed by atoms with E-state index in [4.69, 9.17) is 10.5 Å². The number of pyridine rings is 1. The molecule has 0 amide bonds. The number of fused-ring (bicyclic) bond motifs is 1. The number of hydrogen-bond acceptors (Lipinski definition) is 4. The first-order chi connectivity index (χ1) is 7.81. The number of nitrogens with two attached hydrogens (primary N) is 1. The smallest absolute Gasteiger partial charge is 0.179 e. The molecule has 0 saturated carbocycles. The number of nitrogens with one attached hydrogen (secondary N) is 1. The Balaban J connectivity index is 1.86. The van der Waals surface area contributed by atoms with Gasteiger partial charge >= 0.3 is 0 Å². The average Bonchev–Trinajstić information content (AvgIpc) is 2.86. The molecule has 1 fully saturated rings. The molecule has 1 atom stereocenters. The van der Waals surface area contributed by atoms with Gasteiger partial charge in [-0.3, -0.25) is 0 Å². The lowest BCUT2D eigenvalue weighted by atomic mass is 10.2. The van der Waals surface area contributed by atoms with Crippen molar-refractivity contribution in [3.05, 3.63) is 18.0 Å². The van der Waals surface area contributed by atoms with Gasteiger partial charge in [-0.1, -0.05) is 0 Å². The van der Waals surface area contributed by atoms with Crippen LogP contribution in [0, 0.1) is 0 Å². The summed E-state index contributed by atoms with van der Waals surface area (Å²) in [6.45, 7) is 0.871. The van der Waals surface area contributed by atoms with Crippen LogP contribution < -0.4 is 5.73 Å². The summed E-state index contributed by atoms with van der Waals surface area (Å²) in [6, 6.07) is 3.68. The first-order valence-electron chi connectivity index (χ1n) is 5.54. The minimum Gasteiger partial charge on any atom is -0.384 e. The third kappa shape index (κ3) is 1.74. The third-order valence-corrected chi connectivity index (χ3v) is 2.86. The molecule has 0 bridgehead atoms. The topological polar surface area (TPSA) is 76.8 Å². The summed E-state index contributed by atoms with van der Waals surface area (Å²) in [6.07, 6.45) is 3.40. The highest BCUT2D eigenvalue weighted by Gasteiger charge is 2.17. The van der Waals surface area contributed by atoms with Gasteiger partial charge in [0.05, 0.1) is 11.6 Å². The van der Waals surface area contributed by atoms with Crippen molar-refractivity contribution in [1.82, 2.24) is 15.0 Å². The summed E-state index contributed by atoms with van der Waals surface area (Å²) in [7, 11) is 0. The van der Waals surface area contributed by atoms with Crippen LogP contribution in [0.1, 0.15) is 18.7 Å². The number of H-pyrrole nitrogens is 1. The molecule has 2 aromatic rings. The molecule has 16 heavy (non-hydrogen) atoms. The van der Waals surface area contributed by atoms with Crippen molar-refractivity contribution >= 4 is 17.0 Å². The Labute approximate surface area is 93.0 Å². The van der Waals surface area contributed by atoms with Crippen molar-refractivity contribution in [3.8, 4) is 0 Å². The number of hydrogen-bond donors (Lipinski definition) is 2. The molecule has 0 spiro atoms. The Morgan fingerprint density at radius 2 is 2.38 bits per heavy atom. The largest absolute Gasteiger partial charge is 0.384 e. The van der Waals surface area contributed by atoms with Crippen LogP contribution >= 0.6 is 0 Å². The Morgan fingerprint density at radius 1 is 1.44 bits per heavy atom. The molecule has 0 aromatic carbocycles. The van der Waals surface area contributed by atoms with E-state index < -0.39 is 0 Å². The van der Waals surface area contributed by atoms with Crippen molar-refractivity contribution in [1.29, 1.82) is 0 Å². The minimum atomic E-state index is 0.304. The van der Waals surface area contributed by atoms with E-state index >= 15 is 0 Å². The predicted octanol–water partition coefficient (Wildman–Crippen LogP) is 1.26. The lowest BCUT2D eigenvalue weighted by Crippen LogP contribution is -2.09. The fraction of sp³-hybridized carbons (Fsp3) is 0.455. The highest BCUT2D eigenvalue weighted by molar-refractivity contribution is 5.72. The number of nitrogens with zero attached hydrogens (tertiary/aromatic N) is 2. The van der Waals surface area contributed by atoms with E-state index in [9.17, 15) is 0 Å². The van der Waals surface area contributed by atoms with Gasteiger partial charge in [0.2, 0.25) is 0 Å². The van der Waals surface area contributed by atoms with Crippen LogP contribution in [0.4, 0.5) is 5.82 Å². The number of ether oxygens (including phenoxy) is 1. The number of imidazole rings is 1. The maximum absolute atomic E-state index is 5.61. The number of aromatic nitrogens is 3. The zero-order valence-electron chi connectivity index (χ0n) is 8.94. The molecule has 3 rings (SSSR count). The molecular weight excluding hydrogens is 204 g/mol. The van der Waals surface area contributed by atoms with Crippen LogP contribution in [0.3, 0.4) is 0 Å². The van der Waals surface area contributed by atoms with Crippen molar-refractivity contribution in [2.24, 2.45) is 0 Å². The Hall–Kier alpha value is -1.62. The van der Waals surface area contributed by atoms with Gasteiger partial charge in [-0.05, 0) is 25.0 Å². The van der Waals surface area contributed by atoms with Gasteiger partial charge < -0.3 is 15.5 Å². The molecule has 84 valence electrons. The molecule has 1 aliphatic rings. The van der Waals surface area contributed by atoms with Crippen molar-refractivity contribution in [2.45, 2.75) is 25.4 Å². The van der Waals surface area contributed by atoms with Crippen LogP contribution in [0.15, 0.2) is 12.1 Å². The van der Waals surface area contributed by atoms with Crippen molar-refractivity contribution in [2.75, 3.05) is 12.3 Å². The highest BCUT2D eigenvalue weighted by Crippen LogP contribution is 2.17. The van der Waals surface area contributed by atoms with Crippen molar-refractivity contribution in [3.63, 3.8) is 0 Å². The third-order valence-electron chi connectivity index (χ3n) is 2.86. The maximum Gasteiger partial charge on any atom is 0.179 e. The Kier molecular flexibility index (Phi) is 2.25. The summed E-state index contributed by atoms with van der Waals surface area (Å²) in [4.78, 5) is 11.8. The molecular formula is C11H14N4O. The van der Waals surface area contributed by atoms with Gasteiger partial charge in [-0.25, -0.2) is 9.97 Å². The van der Waals surface area contributed by atoms with Crippen LogP contribution in [0.25, 0.3) is 11.2 Å². The van der Waals surface area contributed by atoms with E-state index in [1.807, 2.05) is 6.07 Å². The Bertz CT molecular complexity index is 502. The standard InChI is InChI=1S/C11H14N4O/c12-9-4-3-8-11(14-9)15-10(13-8)6-7-2-1-5-16-7/h3-4,7H,1-2,5-6H2,(H3,12,13,14,15). The Morgan fingerprint density at radius 3 is 3.19 bits per heavy atom. The summed E-state index contributed by atoms with van der Waals surface area (Å²) >= 11 is 0. The number of rotatable bonds is 2. The zero-order chi connectivity index (χ0) is 11.0. The molecule has 3 heterocycles. The molecule has 5 heteroatoms. The first-order valence-corrected chi connectivity index (χ1v) is 5.54. The van der Waals surface area contributed by atoms with Crippen LogP contribution in [-0.2, 0) is 11.2 Å². The fourth-order valence-corrected chi connectivity index (χ4v) is 2.07. The van der Waals surface area contributed by atoms with E-state index in [0.717, 1.165) is 37.2 Å². The van der Waals surface area contributed by atoms with Gasteiger partial charge in [-0.15, -0.1) is 0 Å². The zero-order valence-corrected chi connectivity index (χ0v) is 8.94. The number of anilines is 1. The van der Waals surface area contributed by atoms with Crippen LogP contribution in [0.2, 0.25) is 0 Å². The molecule has 3 N–H and O–H groups in total. The lowest BCUT2D eigenvalue weighted by Gasteiger charge is -2.05. The normalized spacial score (nSPS) is 20.6. The van der Waals surface area contributed by atoms with Gasteiger partial charge in [0.15, 0.2) is 5.65 Å². The molecule has 0 aliphatic carbocycles. The number of aromatic amines is 1. The van der Waals surface area contributed by atoms with E-state index in [1.54, 1.807) is 6.07 Å². The van der Waals surface area contributed by atoms with E-state index in [-0.39, 0.29) is 0 Å². The lowest BCUT2D eigenvalue weighted by molar-refractivity contribution is 0.110. The highest BCUT2D eigenvalue weighted by atomic mass is 16.5. The van der Waals surface area contributed by atoms with Gasteiger partial charge in [0.1, 0.15) is 11.6 Å². The van der Waals surface area contributed by atoms with Gasteiger partial charge in [0.25, 0.3) is 0 Å². The molecule has 0 radical (unpaired) electrons. The second-order valence-corrected chi connectivity index (χ2v) is 4.13. The second-order valence-electron chi connectivity index (χ2n) is 4.13. The minimum absolute atomic E-state index is 0.304. The summed E-state index contributed by atoms with van der Waals surface area (Å²) in [5, 5.41) is 0. The molecule has 1 aliphatic heterocycles. The maximum atomic E-state index is 5.61. The average molecular weight is 218 g/mol. The fourth-order valence-electron chi connectivity index (χ4n) is 2.07. The van der Waals surface area contributed by atoms with Gasteiger partial charge in [-0.2, -0.15) is 0 Å². The molecule has 5 nitrogen and oxygen atoms in total. The summed E-state index contributed by atoms with van der Waals surface area (Å²) in [5.74, 6) is 1.43. The predicted molar refractivity (Wildman–Crippen MR) is 61.0 cm³/mol.